The summed E-state index contributed by atoms with van der Waals surface area (Å²) in [6, 6.07) is 6.94. The summed E-state index contributed by atoms with van der Waals surface area (Å²) in [5, 5.41) is 0. The van der Waals surface area contributed by atoms with Crippen molar-refractivity contribution in [1.82, 2.24) is 4.90 Å². The lowest BCUT2D eigenvalue weighted by atomic mass is 10.1. The third-order valence-electron chi connectivity index (χ3n) is 3.31. The maximum atomic E-state index is 12.5. The summed E-state index contributed by atoms with van der Waals surface area (Å²) < 4.78 is 16.0. The number of aryl methyl sites for hydroxylation is 1. The van der Waals surface area contributed by atoms with Crippen molar-refractivity contribution in [3.05, 3.63) is 41.3 Å². The van der Waals surface area contributed by atoms with Crippen molar-refractivity contribution in [2.45, 2.75) is 13.5 Å². The number of fused-ring (bicyclic) bond motifs is 1. The van der Waals surface area contributed by atoms with E-state index in [1.165, 1.54) is 0 Å². The number of ether oxygens (including phenoxy) is 2. The lowest BCUT2D eigenvalue weighted by molar-refractivity contribution is 0.0775. The van der Waals surface area contributed by atoms with Crippen LogP contribution in [0.4, 0.5) is 5.69 Å². The van der Waals surface area contributed by atoms with Gasteiger partial charge in [-0.1, -0.05) is 0 Å². The molecular formula is C15H16N2O4. The van der Waals surface area contributed by atoms with Crippen LogP contribution in [0, 0.1) is 6.92 Å². The van der Waals surface area contributed by atoms with Crippen molar-refractivity contribution >= 4 is 11.6 Å². The number of hydrogen-bond acceptors (Lipinski definition) is 5. The first-order chi connectivity index (χ1) is 10.0. The zero-order valence-corrected chi connectivity index (χ0v) is 11.9. The normalized spacial score (nSPS) is 12.5. The number of amides is 1. The minimum atomic E-state index is -0.195. The molecule has 0 radical (unpaired) electrons. The molecule has 1 aliphatic rings. The largest absolute Gasteiger partial charge is 0.464 e. The van der Waals surface area contributed by atoms with Crippen molar-refractivity contribution < 1.29 is 18.7 Å². The summed E-state index contributed by atoms with van der Waals surface area (Å²) in [6.45, 7) is 2.38. The highest BCUT2D eigenvalue weighted by molar-refractivity contribution is 6.00. The van der Waals surface area contributed by atoms with Gasteiger partial charge in [-0.25, -0.2) is 0 Å². The lowest BCUT2D eigenvalue weighted by Gasteiger charge is -2.17. The molecule has 0 unspecified atom stereocenters. The Morgan fingerprint density at radius 1 is 1.29 bits per heavy atom. The summed E-state index contributed by atoms with van der Waals surface area (Å²) >= 11 is 0. The van der Waals surface area contributed by atoms with E-state index in [-0.39, 0.29) is 12.7 Å². The van der Waals surface area contributed by atoms with E-state index >= 15 is 0 Å². The zero-order chi connectivity index (χ0) is 15.0. The summed E-state index contributed by atoms with van der Waals surface area (Å²) in [7, 11) is 1.70. The van der Waals surface area contributed by atoms with Gasteiger partial charge in [-0.3, -0.25) is 4.79 Å². The number of nitrogen functional groups attached to an aromatic ring is 1. The highest BCUT2D eigenvalue weighted by Crippen LogP contribution is 2.36. The summed E-state index contributed by atoms with van der Waals surface area (Å²) in [4.78, 5) is 14.0. The number of benzene rings is 1. The molecule has 2 heterocycles. The molecule has 6 heteroatoms. The number of carbonyl (C=O) groups is 1. The Kier molecular flexibility index (Phi) is 3.21. The van der Waals surface area contributed by atoms with Gasteiger partial charge in [0.25, 0.3) is 5.91 Å². The van der Waals surface area contributed by atoms with Crippen LogP contribution in [0.1, 0.15) is 21.9 Å². The molecule has 21 heavy (non-hydrogen) atoms. The predicted molar refractivity (Wildman–Crippen MR) is 76.2 cm³/mol. The van der Waals surface area contributed by atoms with Crippen LogP contribution in [0.3, 0.4) is 0 Å². The molecule has 1 aromatic heterocycles. The van der Waals surface area contributed by atoms with Gasteiger partial charge < -0.3 is 24.5 Å². The molecule has 0 spiro atoms. The molecule has 0 fully saturated rings. The van der Waals surface area contributed by atoms with Crippen LogP contribution in [0.5, 0.6) is 11.5 Å². The Balaban J connectivity index is 1.81. The van der Waals surface area contributed by atoms with Crippen LogP contribution < -0.4 is 15.2 Å². The fraction of sp³-hybridized carbons (Fsp3) is 0.267. The summed E-state index contributed by atoms with van der Waals surface area (Å²) in [5.74, 6) is 2.44. The number of nitrogens with zero attached hydrogens (tertiary/aromatic N) is 1. The van der Waals surface area contributed by atoms with Gasteiger partial charge in [0.2, 0.25) is 6.79 Å². The van der Waals surface area contributed by atoms with Crippen LogP contribution in [0.2, 0.25) is 0 Å². The number of nitrogens with two attached hydrogens (primary N) is 1. The zero-order valence-electron chi connectivity index (χ0n) is 11.9. The van der Waals surface area contributed by atoms with E-state index in [4.69, 9.17) is 19.6 Å². The van der Waals surface area contributed by atoms with Crippen molar-refractivity contribution in [2.24, 2.45) is 0 Å². The maximum Gasteiger partial charge on any atom is 0.256 e. The van der Waals surface area contributed by atoms with Gasteiger partial charge in [0, 0.05) is 18.8 Å². The van der Waals surface area contributed by atoms with E-state index in [0.717, 1.165) is 11.5 Å². The predicted octanol–water partition coefficient (Wildman–Crippen LogP) is 2.17. The Labute approximate surface area is 122 Å². The SMILES string of the molecule is Cc1ccc(CN(C)C(=O)c2cc3c(cc2N)OCO3)o1. The van der Waals surface area contributed by atoms with E-state index in [9.17, 15) is 4.79 Å². The molecule has 3 rings (SSSR count). The highest BCUT2D eigenvalue weighted by atomic mass is 16.7. The molecule has 110 valence electrons. The quantitative estimate of drug-likeness (QED) is 0.876. The third kappa shape index (κ3) is 2.52. The molecule has 6 nitrogen and oxygen atoms in total. The van der Waals surface area contributed by atoms with Gasteiger partial charge in [-0.2, -0.15) is 0 Å². The van der Waals surface area contributed by atoms with Crippen molar-refractivity contribution in [2.75, 3.05) is 19.6 Å². The van der Waals surface area contributed by atoms with Gasteiger partial charge >= 0.3 is 0 Å². The molecule has 0 aliphatic carbocycles. The van der Waals surface area contributed by atoms with E-state index < -0.39 is 0 Å². The van der Waals surface area contributed by atoms with Gasteiger partial charge in [-0.15, -0.1) is 0 Å². The number of anilines is 1. The smallest absolute Gasteiger partial charge is 0.256 e. The minimum absolute atomic E-state index is 0.147. The molecule has 1 amide bonds. The second kappa shape index (κ2) is 5.05. The summed E-state index contributed by atoms with van der Waals surface area (Å²) in [6.07, 6.45) is 0. The standard InChI is InChI=1S/C15H16N2O4/c1-9-3-4-10(21-9)7-17(2)15(18)11-5-13-14(6-12(11)16)20-8-19-13/h3-6H,7-8,16H2,1-2H3. The molecule has 2 N–H and O–H groups in total. The fourth-order valence-corrected chi connectivity index (χ4v) is 2.22. The van der Waals surface area contributed by atoms with E-state index in [2.05, 4.69) is 0 Å². The van der Waals surface area contributed by atoms with E-state index in [1.807, 2.05) is 19.1 Å². The van der Waals surface area contributed by atoms with Crippen molar-refractivity contribution in [3.8, 4) is 11.5 Å². The first-order valence-electron chi connectivity index (χ1n) is 6.54. The molecule has 1 aliphatic heterocycles. The molecular weight excluding hydrogens is 272 g/mol. The van der Waals surface area contributed by atoms with Crippen LogP contribution in [0.25, 0.3) is 0 Å². The molecule has 0 saturated heterocycles. The molecule has 1 aromatic carbocycles. The average molecular weight is 288 g/mol. The van der Waals surface area contributed by atoms with Gasteiger partial charge in [0.1, 0.15) is 11.5 Å². The van der Waals surface area contributed by atoms with Crippen molar-refractivity contribution in [3.63, 3.8) is 0 Å². The third-order valence-corrected chi connectivity index (χ3v) is 3.31. The lowest BCUT2D eigenvalue weighted by Crippen LogP contribution is -2.26. The Bertz CT molecular complexity index is 693. The number of carbonyl (C=O) groups excluding carboxylic acids is 1. The average Bonchev–Trinajstić information content (AvgIpc) is 3.05. The van der Waals surface area contributed by atoms with Crippen LogP contribution >= 0.6 is 0 Å². The Morgan fingerprint density at radius 3 is 2.67 bits per heavy atom. The molecule has 2 aromatic rings. The van der Waals surface area contributed by atoms with Crippen LogP contribution in [-0.2, 0) is 6.54 Å². The second-order valence-electron chi connectivity index (χ2n) is 4.97. The van der Waals surface area contributed by atoms with Crippen LogP contribution in [0.15, 0.2) is 28.7 Å². The molecule has 0 bridgehead atoms. The molecule has 0 atom stereocenters. The second-order valence-corrected chi connectivity index (χ2v) is 4.97. The first kappa shape index (κ1) is 13.4. The summed E-state index contributed by atoms with van der Waals surface area (Å²) in [5.41, 5.74) is 6.68. The Morgan fingerprint density at radius 2 is 2.00 bits per heavy atom. The van der Waals surface area contributed by atoms with Crippen LogP contribution in [-0.4, -0.2) is 24.6 Å². The van der Waals surface area contributed by atoms with Gasteiger partial charge in [0.15, 0.2) is 11.5 Å². The topological polar surface area (TPSA) is 77.9 Å². The highest BCUT2D eigenvalue weighted by Gasteiger charge is 2.22. The maximum absolute atomic E-state index is 12.5. The van der Waals surface area contributed by atoms with Gasteiger partial charge in [-0.05, 0) is 25.1 Å². The Hall–Kier alpha value is -2.63. The van der Waals surface area contributed by atoms with E-state index in [1.54, 1.807) is 24.1 Å². The number of rotatable bonds is 3. The monoisotopic (exact) mass is 288 g/mol. The van der Waals surface area contributed by atoms with Crippen molar-refractivity contribution in [1.29, 1.82) is 0 Å². The van der Waals surface area contributed by atoms with Gasteiger partial charge in [0.05, 0.1) is 12.1 Å². The minimum Gasteiger partial charge on any atom is -0.464 e. The first-order valence-corrected chi connectivity index (χ1v) is 6.54. The fourth-order valence-electron chi connectivity index (χ4n) is 2.22. The van der Waals surface area contributed by atoms with E-state index in [0.29, 0.717) is 29.3 Å². The molecule has 0 saturated carbocycles. The number of hydrogen-bond donors (Lipinski definition) is 1. The number of furan rings is 1.